The summed E-state index contributed by atoms with van der Waals surface area (Å²) in [7, 11) is 0. The molecule has 1 atom stereocenters. The van der Waals surface area contributed by atoms with Crippen LogP contribution >= 0.6 is 0 Å². The number of nitrogens with zero attached hydrogens (tertiary/aromatic N) is 6. The summed E-state index contributed by atoms with van der Waals surface area (Å²) in [6.45, 7) is 3.57. The monoisotopic (exact) mass is 455 g/mol. The van der Waals surface area contributed by atoms with Gasteiger partial charge in [0.1, 0.15) is 11.5 Å². The van der Waals surface area contributed by atoms with Crippen LogP contribution in [0.3, 0.4) is 0 Å². The number of rotatable bonds is 7. The summed E-state index contributed by atoms with van der Waals surface area (Å²) >= 11 is 0. The van der Waals surface area contributed by atoms with Crippen LogP contribution in [0.1, 0.15) is 29.8 Å². The SMILES string of the molecule is CCN(C(=O)c1cc(F)cc(F)c1-n1nccn1)C(C)CNc1ncc(C(F)(F)F)cn1. The Balaban J connectivity index is 1.79. The van der Waals surface area contributed by atoms with Gasteiger partial charge in [0, 0.05) is 37.6 Å². The number of halogens is 5. The highest BCUT2D eigenvalue weighted by Gasteiger charge is 2.31. The third-order valence-electron chi connectivity index (χ3n) is 4.55. The molecule has 3 rings (SSSR count). The van der Waals surface area contributed by atoms with Gasteiger partial charge in [-0.05, 0) is 19.9 Å². The van der Waals surface area contributed by atoms with E-state index in [1.54, 1.807) is 13.8 Å². The zero-order valence-electron chi connectivity index (χ0n) is 16.9. The molecule has 8 nitrogen and oxygen atoms in total. The van der Waals surface area contributed by atoms with Gasteiger partial charge in [0.15, 0.2) is 5.82 Å². The fourth-order valence-electron chi connectivity index (χ4n) is 2.99. The van der Waals surface area contributed by atoms with Crippen LogP contribution in [0.25, 0.3) is 5.69 Å². The molecule has 0 saturated heterocycles. The van der Waals surface area contributed by atoms with E-state index in [9.17, 15) is 26.7 Å². The number of hydrogen-bond acceptors (Lipinski definition) is 6. The van der Waals surface area contributed by atoms with Gasteiger partial charge in [-0.2, -0.15) is 23.4 Å². The van der Waals surface area contributed by atoms with Gasteiger partial charge in [0.25, 0.3) is 5.91 Å². The molecule has 0 aliphatic carbocycles. The molecule has 1 N–H and O–H groups in total. The average molecular weight is 455 g/mol. The lowest BCUT2D eigenvalue weighted by molar-refractivity contribution is -0.138. The van der Waals surface area contributed by atoms with Crippen LogP contribution in [0, 0.1) is 11.6 Å². The topological polar surface area (TPSA) is 88.8 Å². The maximum Gasteiger partial charge on any atom is 0.419 e. The molecule has 2 aromatic heterocycles. The molecule has 1 aromatic carbocycles. The van der Waals surface area contributed by atoms with Crippen molar-refractivity contribution >= 4 is 11.9 Å². The average Bonchev–Trinajstić information content (AvgIpc) is 3.26. The van der Waals surface area contributed by atoms with E-state index in [1.807, 2.05) is 0 Å². The number of hydrogen-bond donors (Lipinski definition) is 1. The largest absolute Gasteiger partial charge is 0.419 e. The first kappa shape index (κ1) is 23.0. The maximum atomic E-state index is 14.5. The second kappa shape index (κ2) is 9.24. The van der Waals surface area contributed by atoms with Crippen molar-refractivity contribution in [2.24, 2.45) is 0 Å². The summed E-state index contributed by atoms with van der Waals surface area (Å²) < 4.78 is 66.2. The zero-order chi connectivity index (χ0) is 23.5. The number of benzene rings is 1. The Morgan fingerprint density at radius 2 is 1.78 bits per heavy atom. The van der Waals surface area contributed by atoms with E-state index in [4.69, 9.17) is 0 Å². The molecule has 1 unspecified atom stereocenters. The van der Waals surface area contributed by atoms with Gasteiger partial charge in [0.2, 0.25) is 5.95 Å². The third kappa shape index (κ3) is 4.98. The molecule has 170 valence electrons. The fraction of sp³-hybridized carbons (Fsp3) is 0.316. The lowest BCUT2D eigenvalue weighted by Gasteiger charge is -2.29. The molecular weight excluding hydrogens is 437 g/mol. The smallest absolute Gasteiger partial charge is 0.352 e. The molecule has 0 bridgehead atoms. The maximum absolute atomic E-state index is 14.5. The molecule has 13 heteroatoms. The van der Waals surface area contributed by atoms with Gasteiger partial charge in [-0.25, -0.2) is 18.7 Å². The van der Waals surface area contributed by atoms with Crippen molar-refractivity contribution in [3.63, 3.8) is 0 Å². The normalized spacial score (nSPS) is 12.5. The summed E-state index contributed by atoms with van der Waals surface area (Å²) in [6.07, 6.45) is -0.710. The molecule has 0 aliphatic rings. The van der Waals surface area contributed by atoms with E-state index < -0.39 is 35.3 Å². The molecule has 0 radical (unpaired) electrons. The third-order valence-corrected chi connectivity index (χ3v) is 4.55. The highest BCUT2D eigenvalue weighted by Crippen LogP contribution is 2.28. The Kier molecular flexibility index (Phi) is 6.65. The van der Waals surface area contributed by atoms with Crippen LogP contribution in [0.5, 0.6) is 0 Å². The van der Waals surface area contributed by atoms with Gasteiger partial charge in [-0.3, -0.25) is 4.79 Å². The molecule has 32 heavy (non-hydrogen) atoms. The highest BCUT2D eigenvalue weighted by molar-refractivity contribution is 5.98. The minimum Gasteiger partial charge on any atom is -0.352 e. The second-order valence-electron chi connectivity index (χ2n) is 6.72. The number of carbonyl (C=O) groups excluding carboxylic acids is 1. The minimum absolute atomic E-state index is 0.0633. The lowest BCUT2D eigenvalue weighted by Crippen LogP contribution is -2.42. The number of carbonyl (C=O) groups is 1. The van der Waals surface area contributed by atoms with Crippen molar-refractivity contribution < 1.29 is 26.7 Å². The summed E-state index contributed by atoms with van der Waals surface area (Å²) in [5, 5.41) is 10.4. The predicted octanol–water partition coefficient (Wildman–Crippen LogP) is 3.32. The second-order valence-corrected chi connectivity index (χ2v) is 6.72. The molecular formula is C19H18F5N7O. The number of aromatic nitrogens is 5. The summed E-state index contributed by atoms with van der Waals surface area (Å²) in [4.78, 5) is 22.6. The molecule has 0 spiro atoms. The van der Waals surface area contributed by atoms with Crippen LogP contribution in [0.4, 0.5) is 27.9 Å². The molecule has 0 fully saturated rings. The first-order valence-electron chi connectivity index (χ1n) is 9.41. The van der Waals surface area contributed by atoms with Gasteiger partial charge in [0.05, 0.1) is 23.5 Å². The van der Waals surface area contributed by atoms with Crippen molar-refractivity contribution in [1.29, 1.82) is 0 Å². The highest BCUT2D eigenvalue weighted by atomic mass is 19.4. The number of alkyl halides is 3. The van der Waals surface area contributed by atoms with Gasteiger partial charge < -0.3 is 10.2 Å². The first-order chi connectivity index (χ1) is 15.1. The molecule has 2 heterocycles. The van der Waals surface area contributed by atoms with Crippen molar-refractivity contribution in [2.45, 2.75) is 26.1 Å². The molecule has 1 amide bonds. The van der Waals surface area contributed by atoms with Crippen molar-refractivity contribution in [1.82, 2.24) is 29.9 Å². The van der Waals surface area contributed by atoms with E-state index in [-0.39, 0.29) is 30.3 Å². The van der Waals surface area contributed by atoms with Crippen LogP contribution in [-0.4, -0.2) is 54.9 Å². The Morgan fingerprint density at radius 3 is 2.34 bits per heavy atom. The van der Waals surface area contributed by atoms with Gasteiger partial charge in [-0.15, -0.1) is 4.80 Å². The quantitative estimate of drug-likeness (QED) is 0.550. The number of anilines is 1. The fourth-order valence-corrected chi connectivity index (χ4v) is 2.99. The van der Waals surface area contributed by atoms with Crippen molar-refractivity contribution in [2.75, 3.05) is 18.4 Å². The van der Waals surface area contributed by atoms with E-state index in [0.717, 1.165) is 10.9 Å². The molecule has 0 saturated carbocycles. The molecule has 0 aliphatic heterocycles. The lowest BCUT2D eigenvalue weighted by atomic mass is 10.1. The van der Waals surface area contributed by atoms with Crippen LogP contribution < -0.4 is 5.32 Å². The number of amides is 1. The van der Waals surface area contributed by atoms with Gasteiger partial charge >= 0.3 is 6.18 Å². The van der Waals surface area contributed by atoms with Crippen LogP contribution in [-0.2, 0) is 6.18 Å². The van der Waals surface area contributed by atoms with Crippen molar-refractivity contribution in [3.8, 4) is 5.69 Å². The predicted molar refractivity (Wildman–Crippen MR) is 103 cm³/mol. The standard InChI is InChI=1S/C19H18F5N7O/c1-3-30(11(2)8-25-18-26-9-12(10-27-18)19(22,23)24)17(32)14-6-13(20)7-15(21)16(14)31-28-4-5-29-31/h4-7,9-11H,3,8H2,1-2H3,(H,25,26,27). The Hall–Kier alpha value is -3.64. The summed E-state index contributed by atoms with van der Waals surface area (Å²) in [5.41, 5.74) is -1.57. The van der Waals surface area contributed by atoms with Crippen molar-refractivity contribution in [3.05, 3.63) is 59.7 Å². The molecule has 3 aromatic rings. The Morgan fingerprint density at radius 1 is 1.16 bits per heavy atom. The minimum atomic E-state index is -4.56. The van der Waals surface area contributed by atoms with E-state index in [2.05, 4.69) is 25.5 Å². The van der Waals surface area contributed by atoms with E-state index >= 15 is 0 Å². The zero-order valence-corrected chi connectivity index (χ0v) is 16.9. The van der Waals surface area contributed by atoms with Gasteiger partial charge in [-0.1, -0.05) is 0 Å². The van der Waals surface area contributed by atoms with E-state index in [1.165, 1.54) is 17.3 Å². The van der Waals surface area contributed by atoms with Crippen LogP contribution in [0.2, 0.25) is 0 Å². The number of likely N-dealkylation sites (N-methyl/N-ethyl adjacent to an activating group) is 1. The van der Waals surface area contributed by atoms with E-state index in [0.29, 0.717) is 18.5 Å². The summed E-state index contributed by atoms with van der Waals surface area (Å²) in [5.74, 6) is -2.70. The first-order valence-corrected chi connectivity index (χ1v) is 9.41. The Labute approximate surface area is 179 Å². The Bertz CT molecular complexity index is 1070. The number of nitrogens with one attached hydrogen (secondary N) is 1. The summed E-state index contributed by atoms with van der Waals surface area (Å²) in [6, 6.07) is 0.980. The van der Waals surface area contributed by atoms with Crippen LogP contribution in [0.15, 0.2) is 36.9 Å².